The minimum absolute atomic E-state index is 0.167. The maximum Gasteiger partial charge on any atom is 0.267 e. The quantitative estimate of drug-likeness (QED) is 0.335. The summed E-state index contributed by atoms with van der Waals surface area (Å²) in [4.78, 5) is 0. The van der Waals surface area contributed by atoms with E-state index in [1.54, 1.807) is 0 Å². The summed E-state index contributed by atoms with van der Waals surface area (Å²) in [6, 6.07) is 0. The van der Waals surface area contributed by atoms with Gasteiger partial charge in [0.05, 0.1) is 11.4 Å². The van der Waals surface area contributed by atoms with Crippen LogP contribution in [0.5, 0.6) is 0 Å². The molecule has 0 saturated carbocycles. The molecule has 0 aliphatic rings. The standard InChI is InChI=1S/C17H36O4S/c1-3-5-7-9-10-11-13-16(18)15-17(22(19,20)21)14-12-8-6-4-2/h16-18H,3-15H2,1-2H3,(H,19,20,21). The Kier molecular flexibility index (Phi) is 13.2. The molecule has 0 saturated heterocycles. The molecule has 2 unspecified atom stereocenters. The Bertz CT molecular complexity index is 341. The summed E-state index contributed by atoms with van der Waals surface area (Å²) in [6.45, 7) is 4.28. The minimum Gasteiger partial charge on any atom is -0.393 e. The van der Waals surface area contributed by atoms with Crippen LogP contribution in [0.2, 0.25) is 0 Å². The predicted molar refractivity (Wildman–Crippen MR) is 92.7 cm³/mol. The molecule has 0 radical (unpaired) electrons. The van der Waals surface area contributed by atoms with E-state index in [9.17, 15) is 18.1 Å². The van der Waals surface area contributed by atoms with Gasteiger partial charge >= 0.3 is 0 Å². The zero-order valence-electron chi connectivity index (χ0n) is 14.5. The van der Waals surface area contributed by atoms with Crippen molar-refractivity contribution >= 4 is 10.1 Å². The fraction of sp³-hybridized carbons (Fsp3) is 1.00. The first-order chi connectivity index (χ1) is 10.4. The predicted octanol–water partition coefficient (Wildman–Crippen LogP) is 4.71. The maximum atomic E-state index is 11.4. The fourth-order valence-electron chi connectivity index (χ4n) is 2.77. The number of hydrogen-bond donors (Lipinski definition) is 2. The first-order valence-electron chi connectivity index (χ1n) is 9.06. The van der Waals surface area contributed by atoms with Crippen molar-refractivity contribution in [2.24, 2.45) is 0 Å². The molecule has 0 spiro atoms. The summed E-state index contributed by atoms with van der Waals surface area (Å²) in [6.07, 6.45) is 11.5. The molecule has 0 heterocycles. The van der Waals surface area contributed by atoms with E-state index < -0.39 is 21.5 Å². The van der Waals surface area contributed by atoms with Crippen molar-refractivity contribution in [3.63, 3.8) is 0 Å². The van der Waals surface area contributed by atoms with Gasteiger partial charge in [0.15, 0.2) is 0 Å². The second kappa shape index (κ2) is 13.3. The van der Waals surface area contributed by atoms with Gasteiger partial charge in [-0.15, -0.1) is 0 Å². The Morgan fingerprint density at radius 1 is 0.773 bits per heavy atom. The molecule has 134 valence electrons. The van der Waals surface area contributed by atoms with E-state index in [1.165, 1.54) is 25.7 Å². The van der Waals surface area contributed by atoms with Crippen LogP contribution in [0.1, 0.15) is 97.3 Å². The van der Waals surface area contributed by atoms with Gasteiger partial charge in [0.1, 0.15) is 0 Å². The van der Waals surface area contributed by atoms with Crippen molar-refractivity contribution in [1.82, 2.24) is 0 Å². The molecule has 5 heteroatoms. The molecular formula is C17H36O4S. The van der Waals surface area contributed by atoms with Crippen molar-refractivity contribution < 1.29 is 18.1 Å². The zero-order valence-corrected chi connectivity index (χ0v) is 15.3. The van der Waals surface area contributed by atoms with Crippen LogP contribution >= 0.6 is 0 Å². The average Bonchev–Trinajstić information content (AvgIpc) is 2.45. The second-order valence-electron chi connectivity index (χ2n) is 6.43. The Balaban J connectivity index is 3.98. The lowest BCUT2D eigenvalue weighted by molar-refractivity contribution is 0.146. The van der Waals surface area contributed by atoms with E-state index in [1.807, 2.05) is 0 Å². The number of unbranched alkanes of at least 4 members (excludes halogenated alkanes) is 8. The molecule has 0 aromatic rings. The first kappa shape index (κ1) is 21.9. The average molecular weight is 337 g/mol. The highest BCUT2D eigenvalue weighted by molar-refractivity contribution is 7.86. The zero-order chi connectivity index (χ0) is 16.8. The van der Waals surface area contributed by atoms with Gasteiger partial charge in [0.2, 0.25) is 0 Å². The van der Waals surface area contributed by atoms with Crippen LogP contribution in [0.25, 0.3) is 0 Å². The first-order valence-corrected chi connectivity index (χ1v) is 10.6. The normalized spacial score (nSPS) is 14.9. The van der Waals surface area contributed by atoms with Crippen molar-refractivity contribution in [2.45, 2.75) is 109 Å². The van der Waals surface area contributed by atoms with Crippen LogP contribution < -0.4 is 0 Å². The Labute approximate surface area is 137 Å². The molecule has 0 aliphatic carbocycles. The highest BCUT2D eigenvalue weighted by atomic mass is 32.2. The Hall–Kier alpha value is -0.130. The third kappa shape index (κ3) is 12.4. The number of hydrogen-bond acceptors (Lipinski definition) is 3. The number of rotatable bonds is 15. The summed E-state index contributed by atoms with van der Waals surface area (Å²) in [5, 5.41) is 9.21. The highest BCUT2D eigenvalue weighted by Gasteiger charge is 2.25. The van der Waals surface area contributed by atoms with Crippen molar-refractivity contribution in [2.75, 3.05) is 0 Å². The lowest BCUT2D eigenvalue weighted by Crippen LogP contribution is -2.26. The molecule has 0 aromatic carbocycles. The largest absolute Gasteiger partial charge is 0.393 e. The molecule has 0 amide bonds. The third-order valence-corrected chi connectivity index (χ3v) is 5.50. The molecule has 0 aliphatic heterocycles. The van der Waals surface area contributed by atoms with E-state index >= 15 is 0 Å². The van der Waals surface area contributed by atoms with Gasteiger partial charge in [-0.3, -0.25) is 4.55 Å². The Morgan fingerprint density at radius 3 is 1.77 bits per heavy atom. The van der Waals surface area contributed by atoms with Crippen LogP contribution in [-0.4, -0.2) is 29.4 Å². The van der Waals surface area contributed by atoms with E-state index in [0.717, 1.165) is 38.5 Å². The molecular weight excluding hydrogens is 300 g/mol. The summed E-state index contributed by atoms with van der Waals surface area (Å²) in [5.74, 6) is 0. The van der Waals surface area contributed by atoms with Gasteiger partial charge in [-0.2, -0.15) is 8.42 Å². The smallest absolute Gasteiger partial charge is 0.267 e. The molecule has 0 fully saturated rings. The molecule has 0 bridgehead atoms. The van der Waals surface area contributed by atoms with Gasteiger partial charge in [0, 0.05) is 0 Å². The summed E-state index contributed by atoms with van der Waals surface area (Å²) < 4.78 is 32.2. The van der Waals surface area contributed by atoms with E-state index in [4.69, 9.17) is 0 Å². The minimum atomic E-state index is -4.05. The van der Waals surface area contributed by atoms with Gasteiger partial charge in [0.25, 0.3) is 10.1 Å². The molecule has 22 heavy (non-hydrogen) atoms. The van der Waals surface area contributed by atoms with Gasteiger partial charge in [-0.05, 0) is 19.3 Å². The summed E-state index contributed by atoms with van der Waals surface area (Å²) in [7, 11) is -4.05. The molecule has 0 aromatic heterocycles. The monoisotopic (exact) mass is 336 g/mol. The Morgan fingerprint density at radius 2 is 1.23 bits per heavy atom. The SMILES string of the molecule is CCCCCCCCC(O)CC(CCCCCC)S(=O)(=O)O. The van der Waals surface area contributed by atoms with E-state index in [0.29, 0.717) is 12.8 Å². The van der Waals surface area contributed by atoms with Gasteiger partial charge in [-0.25, -0.2) is 0 Å². The van der Waals surface area contributed by atoms with Crippen LogP contribution in [-0.2, 0) is 10.1 Å². The fourth-order valence-corrected chi connectivity index (χ4v) is 3.70. The van der Waals surface area contributed by atoms with Crippen LogP contribution in [0.4, 0.5) is 0 Å². The maximum absolute atomic E-state index is 11.4. The van der Waals surface area contributed by atoms with Crippen LogP contribution in [0, 0.1) is 0 Å². The van der Waals surface area contributed by atoms with Crippen molar-refractivity contribution in [3.8, 4) is 0 Å². The van der Waals surface area contributed by atoms with Crippen molar-refractivity contribution in [3.05, 3.63) is 0 Å². The third-order valence-electron chi connectivity index (χ3n) is 4.23. The van der Waals surface area contributed by atoms with E-state index in [2.05, 4.69) is 13.8 Å². The summed E-state index contributed by atoms with van der Waals surface area (Å²) in [5.41, 5.74) is 0. The summed E-state index contributed by atoms with van der Waals surface area (Å²) >= 11 is 0. The molecule has 0 rings (SSSR count). The van der Waals surface area contributed by atoms with Crippen molar-refractivity contribution in [1.29, 1.82) is 0 Å². The second-order valence-corrected chi connectivity index (χ2v) is 8.13. The number of aliphatic hydroxyl groups is 1. The molecule has 2 N–H and O–H groups in total. The number of aliphatic hydroxyl groups excluding tert-OH is 1. The topological polar surface area (TPSA) is 74.6 Å². The van der Waals surface area contributed by atoms with Crippen LogP contribution in [0.15, 0.2) is 0 Å². The van der Waals surface area contributed by atoms with E-state index in [-0.39, 0.29) is 6.42 Å². The lowest BCUT2D eigenvalue weighted by Gasteiger charge is -2.18. The molecule has 2 atom stereocenters. The lowest BCUT2D eigenvalue weighted by atomic mass is 10.0. The van der Waals surface area contributed by atoms with Gasteiger partial charge < -0.3 is 5.11 Å². The van der Waals surface area contributed by atoms with Crippen LogP contribution in [0.3, 0.4) is 0 Å². The molecule has 4 nitrogen and oxygen atoms in total. The highest BCUT2D eigenvalue weighted by Crippen LogP contribution is 2.19. The van der Waals surface area contributed by atoms with Gasteiger partial charge in [-0.1, -0.05) is 78.1 Å².